The van der Waals surface area contributed by atoms with Crippen LogP contribution in [0.1, 0.15) is 20.8 Å². The number of nitrogens with one attached hydrogen (secondary N) is 1. The van der Waals surface area contributed by atoms with E-state index in [2.05, 4.69) is 24.1 Å². The van der Waals surface area contributed by atoms with Crippen LogP contribution < -0.4 is 11.1 Å². The highest BCUT2D eigenvalue weighted by Gasteiger charge is 2.16. The van der Waals surface area contributed by atoms with E-state index in [1.807, 2.05) is 19.1 Å². The van der Waals surface area contributed by atoms with Crippen molar-refractivity contribution in [3.8, 4) is 0 Å². The molecule has 5 nitrogen and oxygen atoms in total. The number of rotatable bonds is 6. The fourth-order valence-corrected chi connectivity index (χ4v) is 1.81. The highest BCUT2D eigenvalue weighted by atomic mass is 16.5. The zero-order chi connectivity index (χ0) is 13.8. The third kappa shape index (κ3) is 3.38. The van der Waals surface area contributed by atoms with E-state index in [4.69, 9.17) is 14.9 Å². The van der Waals surface area contributed by atoms with Crippen LogP contribution >= 0.6 is 0 Å². The van der Waals surface area contributed by atoms with Crippen LogP contribution in [-0.2, 0) is 4.74 Å². The molecule has 2 rings (SSSR count). The quantitative estimate of drug-likeness (QED) is 0.784. The number of anilines is 2. The van der Waals surface area contributed by atoms with Crippen molar-refractivity contribution in [2.24, 2.45) is 5.92 Å². The number of nitrogens with two attached hydrogens (primary N) is 1. The lowest BCUT2D eigenvalue weighted by Crippen LogP contribution is -2.31. The van der Waals surface area contributed by atoms with Gasteiger partial charge in [0.2, 0.25) is 0 Å². The monoisotopic (exact) mass is 263 g/mol. The molecule has 0 aliphatic rings. The number of ether oxygens (including phenoxy) is 1. The Balaban J connectivity index is 2.14. The molecule has 2 aromatic rings. The van der Waals surface area contributed by atoms with Crippen molar-refractivity contribution < 1.29 is 9.15 Å². The minimum Gasteiger partial charge on any atom is -0.423 e. The van der Waals surface area contributed by atoms with Gasteiger partial charge in [0.05, 0.1) is 12.6 Å². The Hall–Kier alpha value is -1.75. The first kappa shape index (κ1) is 13.7. The third-order valence-corrected chi connectivity index (χ3v) is 3.03. The summed E-state index contributed by atoms with van der Waals surface area (Å²) in [7, 11) is 0. The van der Waals surface area contributed by atoms with E-state index in [0.29, 0.717) is 36.4 Å². The normalized spacial score (nSPS) is 13.1. The Bertz CT molecular complexity index is 536. The lowest BCUT2D eigenvalue weighted by atomic mass is 10.1. The van der Waals surface area contributed by atoms with E-state index < -0.39 is 0 Å². The molecular formula is C14H21N3O2. The average molecular weight is 263 g/mol. The maximum absolute atomic E-state index is 5.72. The van der Waals surface area contributed by atoms with Crippen LogP contribution in [0.5, 0.6) is 0 Å². The topological polar surface area (TPSA) is 73.3 Å². The predicted molar refractivity (Wildman–Crippen MR) is 77.2 cm³/mol. The molecule has 1 aromatic heterocycles. The van der Waals surface area contributed by atoms with Crippen molar-refractivity contribution in [2.75, 3.05) is 24.3 Å². The van der Waals surface area contributed by atoms with E-state index in [1.54, 1.807) is 6.07 Å². The average Bonchev–Trinajstić information content (AvgIpc) is 2.75. The fourth-order valence-electron chi connectivity index (χ4n) is 1.81. The van der Waals surface area contributed by atoms with Gasteiger partial charge in [0.15, 0.2) is 5.58 Å². The lowest BCUT2D eigenvalue weighted by Gasteiger charge is -2.20. The molecule has 1 heterocycles. The molecule has 0 saturated carbocycles. The number of hydrogen-bond donors (Lipinski definition) is 2. The van der Waals surface area contributed by atoms with Gasteiger partial charge in [-0.25, -0.2) is 0 Å². The second-order valence-corrected chi connectivity index (χ2v) is 4.90. The number of hydrogen-bond acceptors (Lipinski definition) is 5. The molecule has 19 heavy (non-hydrogen) atoms. The minimum atomic E-state index is 0.172. The molecule has 1 atom stereocenters. The van der Waals surface area contributed by atoms with Crippen LogP contribution in [0.2, 0.25) is 0 Å². The number of oxazole rings is 1. The zero-order valence-corrected chi connectivity index (χ0v) is 11.6. The van der Waals surface area contributed by atoms with Crippen molar-refractivity contribution in [1.29, 1.82) is 0 Å². The molecule has 0 spiro atoms. The van der Waals surface area contributed by atoms with E-state index in [1.165, 1.54) is 0 Å². The summed E-state index contributed by atoms with van der Waals surface area (Å²) in [5, 5.41) is 3.28. The first-order chi connectivity index (χ1) is 9.10. The van der Waals surface area contributed by atoms with Crippen molar-refractivity contribution in [2.45, 2.75) is 26.8 Å². The number of nitrogens with zero attached hydrogens (tertiary/aromatic N) is 1. The smallest absolute Gasteiger partial charge is 0.295 e. The Labute approximate surface area is 113 Å². The van der Waals surface area contributed by atoms with Gasteiger partial charge in [-0.2, -0.15) is 4.98 Å². The molecule has 0 amide bonds. The summed E-state index contributed by atoms with van der Waals surface area (Å²) < 4.78 is 11.1. The van der Waals surface area contributed by atoms with Crippen molar-refractivity contribution >= 4 is 22.8 Å². The Kier molecular flexibility index (Phi) is 4.27. The molecule has 1 aromatic carbocycles. The molecule has 3 N–H and O–H groups in total. The second-order valence-electron chi connectivity index (χ2n) is 4.90. The summed E-state index contributed by atoms with van der Waals surface area (Å²) in [6.45, 7) is 7.60. The maximum Gasteiger partial charge on any atom is 0.295 e. The Morgan fingerprint density at radius 3 is 2.89 bits per heavy atom. The molecule has 0 saturated heterocycles. The summed E-state index contributed by atoms with van der Waals surface area (Å²) in [5.41, 5.74) is 7.89. The summed E-state index contributed by atoms with van der Waals surface area (Å²) in [4.78, 5) is 4.40. The number of fused-ring (bicyclic) bond motifs is 1. The van der Waals surface area contributed by atoms with Crippen LogP contribution in [0.25, 0.3) is 11.1 Å². The summed E-state index contributed by atoms with van der Waals surface area (Å²) in [6, 6.07) is 6.13. The third-order valence-electron chi connectivity index (χ3n) is 3.03. The molecule has 0 aliphatic heterocycles. The van der Waals surface area contributed by atoms with Gasteiger partial charge in [-0.15, -0.1) is 0 Å². The summed E-state index contributed by atoms with van der Waals surface area (Å²) in [6.07, 6.45) is 0. The van der Waals surface area contributed by atoms with Gasteiger partial charge in [0.1, 0.15) is 5.52 Å². The van der Waals surface area contributed by atoms with E-state index in [-0.39, 0.29) is 6.04 Å². The van der Waals surface area contributed by atoms with Crippen LogP contribution in [0.3, 0.4) is 0 Å². The van der Waals surface area contributed by atoms with Gasteiger partial charge in [-0.1, -0.05) is 13.8 Å². The van der Waals surface area contributed by atoms with Crippen molar-refractivity contribution in [3.05, 3.63) is 18.2 Å². The molecule has 5 heteroatoms. The van der Waals surface area contributed by atoms with Gasteiger partial charge < -0.3 is 20.2 Å². The standard InChI is InChI=1S/C14H21N3O2/c1-4-18-8-12(9(2)3)17-14-16-11-6-5-10(15)7-13(11)19-14/h5-7,9,12H,4,8,15H2,1-3H3,(H,16,17). The first-order valence-corrected chi connectivity index (χ1v) is 6.60. The van der Waals surface area contributed by atoms with Crippen LogP contribution in [0.15, 0.2) is 22.6 Å². The Morgan fingerprint density at radius 1 is 1.42 bits per heavy atom. The number of benzene rings is 1. The number of aromatic nitrogens is 1. The van der Waals surface area contributed by atoms with E-state index >= 15 is 0 Å². The molecule has 0 bridgehead atoms. The highest BCUT2D eigenvalue weighted by molar-refractivity contribution is 5.78. The predicted octanol–water partition coefficient (Wildman–Crippen LogP) is 2.88. The molecular weight excluding hydrogens is 242 g/mol. The maximum atomic E-state index is 5.72. The molecule has 0 fully saturated rings. The second kappa shape index (κ2) is 5.93. The van der Waals surface area contributed by atoms with Gasteiger partial charge in [-0.05, 0) is 25.0 Å². The van der Waals surface area contributed by atoms with Crippen LogP contribution in [-0.4, -0.2) is 24.2 Å². The van der Waals surface area contributed by atoms with Crippen LogP contribution in [0, 0.1) is 5.92 Å². The van der Waals surface area contributed by atoms with Crippen LogP contribution in [0.4, 0.5) is 11.7 Å². The fraction of sp³-hybridized carbons (Fsp3) is 0.500. The summed E-state index contributed by atoms with van der Waals surface area (Å²) in [5.74, 6) is 0.423. The molecule has 1 unspecified atom stereocenters. The van der Waals surface area contributed by atoms with E-state index in [9.17, 15) is 0 Å². The zero-order valence-electron chi connectivity index (χ0n) is 11.6. The SMILES string of the molecule is CCOCC(Nc1nc2ccc(N)cc2o1)C(C)C. The molecule has 0 aliphatic carbocycles. The largest absolute Gasteiger partial charge is 0.423 e. The van der Waals surface area contributed by atoms with Gasteiger partial charge in [0.25, 0.3) is 6.01 Å². The Morgan fingerprint density at radius 2 is 2.21 bits per heavy atom. The minimum absolute atomic E-state index is 0.172. The number of nitrogen functional groups attached to an aromatic ring is 1. The van der Waals surface area contributed by atoms with Crippen molar-refractivity contribution in [1.82, 2.24) is 4.98 Å². The highest BCUT2D eigenvalue weighted by Crippen LogP contribution is 2.22. The van der Waals surface area contributed by atoms with Gasteiger partial charge in [0, 0.05) is 18.4 Å². The van der Waals surface area contributed by atoms with Gasteiger partial charge >= 0.3 is 0 Å². The molecule has 0 radical (unpaired) electrons. The lowest BCUT2D eigenvalue weighted by molar-refractivity contribution is 0.126. The summed E-state index contributed by atoms with van der Waals surface area (Å²) >= 11 is 0. The first-order valence-electron chi connectivity index (χ1n) is 6.60. The molecule has 104 valence electrons. The van der Waals surface area contributed by atoms with E-state index in [0.717, 1.165) is 5.52 Å². The van der Waals surface area contributed by atoms with Gasteiger partial charge in [-0.3, -0.25) is 0 Å². The van der Waals surface area contributed by atoms with Crippen molar-refractivity contribution in [3.63, 3.8) is 0 Å².